The SMILES string of the molecule is O=C(O)N1CC=C2N=CC=C21. The van der Waals surface area contributed by atoms with Crippen molar-refractivity contribution in [2.24, 2.45) is 4.99 Å². The van der Waals surface area contributed by atoms with Crippen LogP contribution >= 0.6 is 0 Å². The van der Waals surface area contributed by atoms with Crippen LogP contribution in [-0.4, -0.2) is 28.9 Å². The van der Waals surface area contributed by atoms with Crippen molar-refractivity contribution in [3.8, 4) is 0 Å². The molecule has 0 spiro atoms. The minimum absolute atomic E-state index is 0.424. The largest absolute Gasteiger partial charge is 0.465 e. The lowest BCUT2D eigenvalue weighted by atomic mass is 10.4. The van der Waals surface area contributed by atoms with Crippen LogP contribution in [0.3, 0.4) is 0 Å². The topological polar surface area (TPSA) is 52.9 Å². The molecule has 0 fully saturated rings. The zero-order valence-corrected chi connectivity index (χ0v) is 5.69. The number of amides is 1. The van der Waals surface area contributed by atoms with E-state index >= 15 is 0 Å². The van der Waals surface area contributed by atoms with Gasteiger partial charge in [0.1, 0.15) is 0 Å². The second-order valence-electron chi connectivity index (χ2n) is 2.31. The van der Waals surface area contributed by atoms with Crippen LogP contribution in [-0.2, 0) is 0 Å². The van der Waals surface area contributed by atoms with Gasteiger partial charge in [0.25, 0.3) is 0 Å². The molecule has 2 rings (SSSR count). The molecule has 0 atom stereocenters. The minimum atomic E-state index is -0.923. The van der Waals surface area contributed by atoms with Crippen LogP contribution in [0.1, 0.15) is 0 Å². The Kier molecular flexibility index (Phi) is 1.09. The summed E-state index contributed by atoms with van der Waals surface area (Å²) >= 11 is 0. The molecule has 0 aromatic carbocycles. The lowest BCUT2D eigenvalue weighted by Gasteiger charge is -2.11. The summed E-state index contributed by atoms with van der Waals surface area (Å²) in [7, 11) is 0. The summed E-state index contributed by atoms with van der Waals surface area (Å²) in [4.78, 5) is 15.8. The molecule has 56 valence electrons. The highest BCUT2D eigenvalue weighted by molar-refractivity contribution is 5.83. The highest BCUT2D eigenvalue weighted by Crippen LogP contribution is 2.25. The number of aliphatic imine (C=N–C) groups is 1. The van der Waals surface area contributed by atoms with E-state index in [9.17, 15) is 4.79 Å². The Morgan fingerprint density at radius 1 is 1.73 bits per heavy atom. The first-order valence-electron chi connectivity index (χ1n) is 3.24. The fourth-order valence-corrected chi connectivity index (χ4v) is 1.18. The molecule has 0 saturated carbocycles. The summed E-state index contributed by atoms with van der Waals surface area (Å²) in [5.74, 6) is 0. The number of carbonyl (C=O) groups is 1. The fourth-order valence-electron chi connectivity index (χ4n) is 1.18. The number of allylic oxidation sites excluding steroid dienone is 1. The summed E-state index contributed by atoms with van der Waals surface area (Å²) in [5.41, 5.74) is 1.46. The summed E-state index contributed by atoms with van der Waals surface area (Å²) in [5, 5.41) is 8.66. The molecule has 2 aliphatic heterocycles. The number of fused-ring (bicyclic) bond motifs is 1. The van der Waals surface area contributed by atoms with Gasteiger partial charge in [-0.25, -0.2) is 4.79 Å². The zero-order valence-electron chi connectivity index (χ0n) is 5.69. The number of hydrogen-bond acceptors (Lipinski definition) is 2. The van der Waals surface area contributed by atoms with Gasteiger partial charge < -0.3 is 5.11 Å². The van der Waals surface area contributed by atoms with Crippen molar-refractivity contribution in [3.63, 3.8) is 0 Å². The molecule has 0 aromatic heterocycles. The maximum atomic E-state index is 10.5. The molecule has 0 radical (unpaired) electrons. The summed E-state index contributed by atoms with van der Waals surface area (Å²) < 4.78 is 0. The third-order valence-corrected chi connectivity index (χ3v) is 1.70. The molecule has 0 aromatic rings. The molecule has 0 bridgehead atoms. The van der Waals surface area contributed by atoms with E-state index in [0.29, 0.717) is 12.2 Å². The van der Waals surface area contributed by atoms with E-state index in [1.165, 1.54) is 4.90 Å². The molecule has 2 heterocycles. The number of rotatable bonds is 0. The standard InChI is InChI=1S/C7H6N2O2/c10-7(11)9-4-2-5-6(9)1-3-8-5/h1-3H,4H2,(H,10,11). The number of carboxylic acid groups (broad SMARTS) is 1. The first-order chi connectivity index (χ1) is 5.29. The van der Waals surface area contributed by atoms with Gasteiger partial charge in [-0.15, -0.1) is 0 Å². The molecule has 11 heavy (non-hydrogen) atoms. The molecule has 0 aliphatic carbocycles. The molecule has 0 saturated heterocycles. The number of hydrogen-bond donors (Lipinski definition) is 1. The molecule has 2 aliphatic rings. The van der Waals surface area contributed by atoms with Crippen LogP contribution in [0.4, 0.5) is 4.79 Å². The van der Waals surface area contributed by atoms with Crippen molar-refractivity contribution in [2.45, 2.75) is 0 Å². The van der Waals surface area contributed by atoms with Crippen molar-refractivity contribution in [2.75, 3.05) is 6.54 Å². The smallest absolute Gasteiger partial charge is 0.412 e. The van der Waals surface area contributed by atoms with Gasteiger partial charge in [0.2, 0.25) is 0 Å². The van der Waals surface area contributed by atoms with Gasteiger partial charge >= 0.3 is 6.09 Å². The maximum absolute atomic E-state index is 10.5. The van der Waals surface area contributed by atoms with Crippen LogP contribution < -0.4 is 0 Å². The molecular formula is C7H6N2O2. The van der Waals surface area contributed by atoms with Crippen molar-refractivity contribution >= 4 is 12.3 Å². The Morgan fingerprint density at radius 2 is 2.55 bits per heavy atom. The predicted octanol–water partition coefficient (Wildman–Crippen LogP) is 0.832. The molecule has 4 nitrogen and oxygen atoms in total. The Hall–Kier alpha value is -1.58. The van der Waals surface area contributed by atoms with E-state index in [1.54, 1.807) is 18.4 Å². The first kappa shape index (κ1) is 6.15. The van der Waals surface area contributed by atoms with Crippen molar-refractivity contribution in [1.82, 2.24) is 4.90 Å². The van der Waals surface area contributed by atoms with E-state index in [1.807, 2.05) is 0 Å². The molecular weight excluding hydrogens is 144 g/mol. The summed E-state index contributed by atoms with van der Waals surface area (Å²) in [6, 6.07) is 0. The van der Waals surface area contributed by atoms with Crippen molar-refractivity contribution < 1.29 is 9.90 Å². The van der Waals surface area contributed by atoms with Crippen LogP contribution in [0, 0.1) is 0 Å². The average Bonchev–Trinajstić information content (AvgIpc) is 2.41. The van der Waals surface area contributed by atoms with Gasteiger partial charge in [-0.2, -0.15) is 0 Å². The average molecular weight is 150 g/mol. The highest BCUT2D eigenvalue weighted by atomic mass is 16.4. The number of nitrogens with zero attached hydrogens (tertiary/aromatic N) is 2. The summed E-state index contributed by atoms with van der Waals surface area (Å²) in [6.07, 6.45) is 4.18. The van der Waals surface area contributed by atoms with Crippen LogP contribution in [0.5, 0.6) is 0 Å². The maximum Gasteiger partial charge on any atom is 0.412 e. The van der Waals surface area contributed by atoms with Crippen LogP contribution in [0.25, 0.3) is 0 Å². The predicted molar refractivity (Wildman–Crippen MR) is 39.4 cm³/mol. The van der Waals surface area contributed by atoms with E-state index in [0.717, 1.165) is 5.70 Å². The van der Waals surface area contributed by atoms with Gasteiger partial charge in [0.15, 0.2) is 0 Å². The quantitative estimate of drug-likeness (QED) is 0.556. The molecule has 1 N–H and O–H groups in total. The minimum Gasteiger partial charge on any atom is -0.465 e. The van der Waals surface area contributed by atoms with Crippen molar-refractivity contribution in [1.29, 1.82) is 0 Å². The molecule has 0 unspecified atom stereocenters. The van der Waals surface area contributed by atoms with E-state index < -0.39 is 6.09 Å². The van der Waals surface area contributed by atoms with E-state index in [4.69, 9.17) is 5.11 Å². The summed E-state index contributed by atoms with van der Waals surface area (Å²) in [6.45, 7) is 0.424. The first-order valence-corrected chi connectivity index (χ1v) is 3.24. The Bertz CT molecular complexity index is 302. The van der Waals surface area contributed by atoms with Gasteiger partial charge in [0, 0.05) is 12.8 Å². The van der Waals surface area contributed by atoms with E-state index in [2.05, 4.69) is 4.99 Å². The monoisotopic (exact) mass is 150 g/mol. The Labute approximate surface area is 63.1 Å². The van der Waals surface area contributed by atoms with Gasteiger partial charge in [-0.05, 0) is 12.2 Å². The van der Waals surface area contributed by atoms with Gasteiger partial charge in [0.05, 0.1) is 11.4 Å². The third-order valence-electron chi connectivity index (χ3n) is 1.70. The lowest BCUT2D eigenvalue weighted by molar-refractivity contribution is 0.165. The molecule has 1 amide bonds. The third kappa shape index (κ3) is 0.756. The van der Waals surface area contributed by atoms with Crippen LogP contribution in [0.2, 0.25) is 0 Å². The Morgan fingerprint density at radius 3 is 3.27 bits per heavy atom. The van der Waals surface area contributed by atoms with Gasteiger partial charge in [-0.1, -0.05) is 0 Å². The second-order valence-corrected chi connectivity index (χ2v) is 2.31. The Balaban J connectivity index is 2.31. The fraction of sp³-hybridized carbons (Fsp3) is 0.143. The zero-order chi connectivity index (χ0) is 7.84. The highest BCUT2D eigenvalue weighted by Gasteiger charge is 2.25. The van der Waals surface area contributed by atoms with Gasteiger partial charge in [-0.3, -0.25) is 9.89 Å². The van der Waals surface area contributed by atoms with Crippen LogP contribution in [0.15, 0.2) is 28.5 Å². The normalized spacial score (nSPS) is 19.8. The van der Waals surface area contributed by atoms with E-state index in [-0.39, 0.29) is 0 Å². The van der Waals surface area contributed by atoms with Crippen molar-refractivity contribution in [3.05, 3.63) is 23.5 Å². The second kappa shape index (κ2) is 1.95. The lowest BCUT2D eigenvalue weighted by Crippen LogP contribution is -2.24. The molecule has 4 heteroatoms.